The molecule has 8 heteroatoms. The van der Waals surface area contributed by atoms with Gasteiger partial charge in [-0.2, -0.15) is 0 Å². The average molecular weight is 478 g/mol. The van der Waals surface area contributed by atoms with Crippen molar-refractivity contribution in [3.63, 3.8) is 0 Å². The lowest BCUT2D eigenvalue weighted by molar-refractivity contribution is -0.124. The molecule has 1 amide bonds. The van der Waals surface area contributed by atoms with Gasteiger partial charge in [0.15, 0.2) is 5.11 Å². The summed E-state index contributed by atoms with van der Waals surface area (Å²) in [6.07, 6.45) is 0. The Morgan fingerprint density at radius 3 is 2.44 bits per heavy atom. The average Bonchev–Trinajstić information content (AvgIpc) is 3.20. The van der Waals surface area contributed by atoms with E-state index < -0.39 is 5.37 Å². The number of thiocarbonyl (C=S) groups is 1. The van der Waals surface area contributed by atoms with Gasteiger partial charge in [-0.25, -0.2) is 9.55 Å². The minimum atomic E-state index is -0.425. The predicted molar refractivity (Wildman–Crippen MR) is 133 cm³/mol. The van der Waals surface area contributed by atoms with Gasteiger partial charge in [-0.3, -0.25) is 14.5 Å². The molecule has 4 aromatic rings. The molecule has 1 aromatic heterocycles. The fourth-order valence-corrected chi connectivity index (χ4v) is 5.67. The highest BCUT2D eigenvalue weighted by molar-refractivity contribution is 8.00. The SMILES string of the molecule is O=C1CSC(c2ccccc2Cl)N1C(=S)n1c(-c2ccccc2)nc2ccccc2c1=O. The van der Waals surface area contributed by atoms with Crippen LogP contribution in [0.15, 0.2) is 83.7 Å². The van der Waals surface area contributed by atoms with Crippen molar-refractivity contribution in [3.05, 3.63) is 99.8 Å². The van der Waals surface area contributed by atoms with Crippen molar-refractivity contribution < 1.29 is 4.79 Å². The van der Waals surface area contributed by atoms with E-state index in [4.69, 9.17) is 28.8 Å². The van der Waals surface area contributed by atoms with E-state index in [2.05, 4.69) is 0 Å². The number of para-hydroxylation sites is 1. The van der Waals surface area contributed by atoms with Crippen molar-refractivity contribution in [2.45, 2.75) is 5.37 Å². The summed E-state index contributed by atoms with van der Waals surface area (Å²) in [7, 11) is 0. The van der Waals surface area contributed by atoms with E-state index >= 15 is 0 Å². The molecule has 0 radical (unpaired) electrons. The molecule has 5 nitrogen and oxygen atoms in total. The standard InChI is InChI=1S/C24H16ClN3O2S2/c25-18-12-6-4-10-16(18)23-27(20(29)14-32-23)24(31)28-21(15-8-2-1-3-9-15)26-19-13-7-5-11-17(19)22(28)30/h1-13,23H,14H2. The molecule has 1 unspecified atom stereocenters. The first-order valence-corrected chi connectivity index (χ1v) is 11.7. The van der Waals surface area contributed by atoms with E-state index in [9.17, 15) is 9.59 Å². The first-order chi connectivity index (χ1) is 15.6. The van der Waals surface area contributed by atoms with Gasteiger partial charge in [0.05, 0.1) is 16.7 Å². The number of thioether (sulfide) groups is 1. The van der Waals surface area contributed by atoms with Gasteiger partial charge in [-0.05, 0) is 30.4 Å². The molecular formula is C24H16ClN3O2S2. The van der Waals surface area contributed by atoms with Gasteiger partial charge in [-0.1, -0.05) is 72.3 Å². The van der Waals surface area contributed by atoms with Gasteiger partial charge < -0.3 is 0 Å². The van der Waals surface area contributed by atoms with Gasteiger partial charge in [-0.15, -0.1) is 11.8 Å². The van der Waals surface area contributed by atoms with E-state index in [1.165, 1.54) is 21.2 Å². The summed E-state index contributed by atoms with van der Waals surface area (Å²) in [6.45, 7) is 0. The Morgan fingerprint density at radius 2 is 1.66 bits per heavy atom. The van der Waals surface area contributed by atoms with Crippen LogP contribution in [0.4, 0.5) is 0 Å². The molecule has 1 aliphatic heterocycles. The summed E-state index contributed by atoms with van der Waals surface area (Å²) >= 11 is 13.6. The van der Waals surface area contributed by atoms with Crippen LogP contribution < -0.4 is 5.56 Å². The highest BCUT2D eigenvalue weighted by Gasteiger charge is 2.38. The van der Waals surface area contributed by atoms with E-state index in [1.54, 1.807) is 24.3 Å². The van der Waals surface area contributed by atoms with Gasteiger partial charge in [0.25, 0.3) is 5.56 Å². The molecule has 0 spiro atoms. The van der Waals surface area contributed by atoms with Crippen molar-refractivity contribution in [1.29, 1.82) is 0 Å². The Balaban J connectivity index is 1.72. The number of benzene rings is 3. The third-order valence-corrected chi connectivity index (χ3v) is 7.16. The largest absolute Gasteiger partial charge is 0.273 e. The molecule has 1 fully saturated rings. The van der Waals surface area contributed by atoms with Crippen LogP contribution in [0.3, 0.4) is 0 Å². The minimum Gasteiger partial charge on any atom is -0.273 e. The zero-order chi connectivity index (χ0) is 22.2. The van der Waals surface area contributed by atoms with Gasteiger partial charge >= 0.3 is 0 Å². The van der Waals surface area contributed by atoms with Crippen LogP contribution in [-0.2, 0) is 4.79 Å². The first-order valence-electron chi connectivity index (χ1n) is 9.86. The fourth-order valence-electron chi connectivity index (χ4n) is 3.74. The highest BCUT2D eigenvalue weighted by atomic mass is 35.5. The van der Waals surface area contributed by atoms with E-state index in [-0.39, 0.29) is 22.3 Å². The fraction of sp³-hybridized carbons (Fsp3) is 0.0833. The van der Waals surface area contributed by atoms with Gasteiger partial charge in [0.1, 0.15) is 11.2 Å². The molecule has 2 heterocycles. The van der Waals surface area contributed by atoms with E-state index in [1.807, 2.05) is 54.6 Å². The zero-order valence-corrected chi connectivity index (χ0v) is 19.0. The van der Waals surface area contributed by atoms with Crippen LogP contribution >= 0.6 is 35.6 Å². The number of carbonyl (C=O) groups is 1. The Bertz CT molecular complexity index is 1420. The number of hydrogen-bond donors (Lipinski definition) is 0. The maximum atomic E-state index is 13.6. The molecule has 0 N–H and O–H groups in total. The number of carbonyl (C=O) groups excluding carboxylic acids is 1. The molecular weight excluding hydrogens is 462 g/mol. The molecule has 0 saturated carbocycles. The second-order valence-corrected chi connectivity index (χ2v) is 9.03. The molecule has 0 bridgehead atoms. The molecule has 1 aliphatic rings. The Hall–Kier alpha value is -3.00. The van der Waals surface area contributed by atoms with Crippen LogP contribution in [0.25, 0.3) is 22.3 Å². The molecule has 1 atom stereocenters. The molecule has 3 aromatic carbocycles. The summed E-state index contributed by atoms with van der Waals surface area (Å²) < 4.78 is 1.36. The first kappa shape index (κ1) is 20.9. The topological polar surface area (TPSA) is 55.2 Å². The van der Waals surface area contributed by atoms with Crippen LogP contribution in [0.1, 0.15) is 10.9 Å². The van der Waals surface area contributed by atoms with E-state index in [0.717, 1.165) is 11.1 Å². The molecule has 0 aliphatic carbocycles. The smallest absolute Gasteiger partial charge is 0.268 e. The second-order valence-electron chi connectivity index (χ2n) is 7.19. The van der Waals surface area contributed by atoms with Crippen molar-refractivity contribution in [3.8, 4) is 11.4 Å². The van der Waals surface area contributed by atoms with Gasteiger partial charge in [0, 0.05) is 16.1 Å². The third-order valence-electron chi connectivity index (χ3n) is 5.24. The number of halogens is 1. The van der Waals surface area contributed by atoms with Crippen LogP contribution in [0, 0.1) is 0 Å². The number of rotatable bonds is 2. The number of hydrogen-bond acceptors (Lipinski definition) is 5. The zero-order valence-electron chi connectivity index (χ0n) is 16.6. The minimum absolute atomic E-state index is 0.0898. The van der Waals surface area contributed by atoms with Crippen molar-refractivity contribution >= 4 is 57.5 Å². The van der Waals surface area contributed by atoms with E-state index in [0.29, 0.717) is 21.7 Å². The second kappa shape index (κ2) is 8.50. The molecule has 1 saturated heterocycles. The third kappa shape index (κ3) is 3.52. The van der Waals surface area contributed by atoms with Crippen LogP contribution in [0.5, 0.6) is 0 Å². The maximum Gasteiger partial charge on any atom is 0.268 e. The number of fused-ring (bicyclic) bond motifs is 1. The predicted octanol–water partition coefficient (Wildman–Crippen LogP) is 5.12. The van der Waals surface area contributed by atoms with Crippen LogP contribution in [0.2, 0.25) is 5.02 Å². The van der Waals surface area contributed by atoms with Crippen LogP contribution in [-0.4, -0.2) is 31.2 Å². The summed E-state index contributed by atoms with van der Waals surface area (Å²) in [5, 5.41) is 0.639. The van der Waals surface area contributed by atoms with Crippen molar-refractivity contribution in [2.24, 2.45) is 0 Å². The number of amides is 1. The molecule has 5 rings (SSSR count). The summed E-state index contributed by atoms with van der Waals surface area (Å²) in [5.41, 5.74) is 1.75. The maximum absolute atomic E-state index is 13.6. The lowest BCUT2D eigenvalue weighted by Crippen LogP contribution is -2.43. The molecule has 158 valence electrons. The lowest BCUT2D eigenvalue weighted by Gasteiger charge is -2.27. The molecule has 32 heavy (non-hydrogen) atoms. The lowest BCUT2D eigenvalue weighted by atomic mass is 10.1. The normalized spacial score (nSPS) is 16.0. The van der Waals surface area contributed by atoms with Crippen molar-refractivity contribution in [1.82, 2.24) is 14.5 Å². The van der Waals surface area contributed by atoms with Crippen molar-refractivity contribution in [2.75, 3.05) is 5.75 Å². The monoisotopic (exact) mass is 477 g/mol. The van der Waals surface area contributed by atoms with Gasteiger partial charge in [0.2, 0.25) is 5.91 Å². The summed E-state index contributed by atoms with van der Waals surface area (Å²) in [4.78, 5) is 32.8. The Labute approximate surface area is 198 Å². The Kier molecular flexibility index (Phi) is 5.55. The quantitative estimate of drug-likeness (QED) is 0.375. The number of aromatic nitrogens is 2. The number of nitrogens with zero attached hydrogens (tertiary/aromatic N) is 3. The summed E-state index contributed by atoms with van der Waals surface area (Å²) in [6, 6.07) is 23.8. The highest BCUT2D eigenvalue weighted by Crippen LogP contribution is 2.42. The Morgan fingerprint density at radius 1 is 0.969 bits per heavy atom. The summed E-state index contributed by atoms with van der Waals surface area (Å²) in [5.74, 6) is 0.456.